The van der Waals surface area contributed by atoms with E-state index in [4.69, 9.17) is 4.74 Å². The minimum atomic E-state index is -3.46. The van der Waals surface area contributed by atoms with E-state index in [2.05, 4.69) is 9.36 Å². The Morgan fingerprint density at radius 2 is 2.06 bits per heavy atom. The van der Waals surface area contributed by atoms with Crippen LogP contribution in [0.1, 0.15) is 11.1 Å². The number of aryl methyl sites for hydroxylation is 1. The molecule has 96 valence electrons. The molecule has 0 fully saturated rings. The van der Waals surface area contributed by atoms with Crippen molar-refractivity contribution in [2.24, 2.45) is 0 Å². The van der Waals surface area contributed by atoms with E-state index in [0.29, 0.717) is 0 Å². The first-order chi connectivity index (χ1) is 8.53. The summed E-state index contributed by atoms with van der Waals surface area (Å²) in [6.45, 7) is 1.88. The zero-order chi connectivity index (χ0) is 13.2. The van der Waals surface area contributed by atoms with Gasteiger partial charge in [0, 0.05) is 11.5 Å². The number of rotatable bonds is 4. The van der Waals surface area contributed by atoms with Crippen molar-refractivity contribution in [1.82, 2.24) is 9.36 Å². The summed E-state index contributed by atoms with van der Waals surface area (Å²) >= 11 is 0.832. The molecule has 0 bridgehead atoms. The molecule has 0 amide bonds. The van der Waals surface area contributed by atoms with E-state index in [1.807, 2.05) is 25.1 Å². The predicted molar refractivity (Wildman–Crippen MR) is 68.5 cm³/mol. The van der Waals surface area contributed by atoms with E-state index in [-0.39, 0.29) is 16.1 Å². The minimum absolute atomic E-state index is 0.0115. The van der Waals surface area contributed by atoms with Crippen LogP contribution >= 0.6 is 11.5 Å². The normalized spacial score (nSPS) is 11.4. The lowest BCUT2D eigenvalue weighted by Crippen LogP contribution is -2.05. The highest BCUT2D eigenvalue weighted by atomic mass is 32.2. The van der Waals surface area contributed by atoms with Gasteiger partial charge in [0.15, 0.2) is 0 Å². The summed E-state index contributed by atoms with van der Waals surface area (Å²) < 4.78 is 32.8. The van der Waals surface area contributed by atoms with Crippen molar-refractivity contribution in [3.8, 4) is 6.01 Å². The molecule has 1 heterocycles. The fourth-order valence-corrected chi connectivity index (χ4v) is 3.65. The molecule has 0 saturated heterocycles. The van der Waals surface area contributed by atoms with Gasteiger partial charge in [0.2, 0.25) is 14.2 Å². The Hall–Kier alpha value is -1.47. The Labute approximate surface area is 110 Å². The van der Waals surface area contributed by atoms with Crippen LogP contribution in [0.3, 0.4) is 0 Å². The van der Waals surface area contributed by atoms with Crippen LogP contribution in [-0.4, -0.2) is 24.9 Å². The van der Waals surface area contributed by atoms with Crippen LogP contribution < -0.4 is 4.74 Å². The molecule has 2 aromatic rings. The van der Waals surface area contributed by atoms with Crippen LogP contribution in [0.15, 0.2) is 28.6 Å². The molecule has 18 heavy (non-hydrogen) atoms. The Balaban J connectivity index is 2.30. The van der Waals surface area contributed by atoms with E-state index >= 15 is 0 Å². The van der Waals surface area contributed by atoms with Crippen molar-refractivity contribution in [2.45, 2.75) is 17.0 Å². The van der Waals surface area contributed by atoms with Gasteiger partial charge in [-0.3, -0.25) is 0 Å². The first-order valence-corrected chi connectivity index (χ1v) is 7.60. The van der Waals surface area contributed by atoms with Crippen LogP contribution in [0.5, 0.6) is 6.01 Å². The van der Waals surface area contributed by atoms with Gasteiger partial charge in [-0.1, -0.05) is 24.3 Å². The number of hydrogen-bond donors (Lipinski definition) is 0. The van der Waals surface area contributed by atoms with Crippen molar-refractivity contribution in [3.05, 3.63) is 35.4 Å². The Morgan fingerprint density at radius 1 is 1.33 bits per heavy atom. The average molecular weight is 284 g/mol. The zero-order valence-corrected chi connectivity index (χ0v) is 11.6. The van der Waals surface area contributed by atoms with Crippen LogP contribution in [0, 0.1) is 6.92 Å². The fraction of sp³-hybridized carbons (Fsp3) is 0.273. The molecule has 0 saturated carbocycles. The van der Waals surface area contributed by atoms with Gasteiger partial charge in [-0.15, -0.1) is 4.37 Å². The topological polar surface area (TPSA) is 69.2 Å². The van der Waals surface area contributed by atoms with Gasteiger partial charge in [-0.25, -0.2) is 8.42 Å². The van der Waals surface area contributed by atoms with E-state index in [1.54, 1.807) is 6.07 Å². The first-order valence-electron chi connectivity index (χ1n) is 5.18. The molecule has 0 spiro atoms. The number of methoxy groups -OCH3 is 1. The standard InChI is InChI=1S/C11H12N2O3S2/c1-8-5-3-4-6-9(8)7-18(14,15)11-12-10(16-2)13-17-11/h3-6H,7H2,1-2H3. The fourth-order valence-electron chi connectivity index (χ4n) is 1.44. The van der Waals surface area contributed by atoms with E-state index in [0.717, 1.165) is 22.7 Å². The summed E-state index contributed by atoms with van der Waals surface area (Å²) in [6, 6.07) is 7.46. The average Bonchev–Trinajstić information content (AvgIpc) is 2.81. The maximum Gasteiger partial charge on any atom is 0.329 e. The summed E-state index contributed by atoms with van der Waals surface area (Å²) in [7, 11) is -2.06. The van der Waals surface area contributed by atoms with Crippen LogP contribution in [0.4, 0.5) is 0 Å². The summed E-state index contributed by atoms with van der Waals surface area (Å²) in [5.74, 6) is -0.0714. The van der Waals surface area contributed by atoms with Crippen LogP contribution in [-0.2, 0) is 15.6 Å². The number of aromatic nitrogens is 2. The maximum atomic E-state index is 12.1. The third kappa shape index (κ3) is 2.68. The van der Waals surface area contributed by atoms with E-state index in [1.165, 1.54) is 7.11 Å². The largest absolute Gasteiger partial charge is 0.466 e. The third-order valence-corrected chi connectivity index (χ3v) is 5.24. The molecule has 0 atom stereocenters. The van der Waals surface area contributed by atoms with Gasteiger partial charge in [-0.2, -0.15) is 4.98 Å². The van der Waals surface area contributed by atoms with Crippen LogP contribution in [0.25, 0.3) is 0 Å². The highest BCUT2D eigenvalue weighted by Gasteiger charge is 2.21. The molecule has 7 heteroatoms. The lowest BCUT2D eigenvalue weighted by Gasteiger charge is -2.04. The van der Waals surface area contributed by atoms with Gasteiger partial charge in [0.05, 0.1) is 12.9 Å². The lowest BCUT2D eigenvalue weighted by atomic mass is 10.1. The molecule has 0 aliphatic carbocycles. The van der Waals surface area contributed by atoms with E-state index < -0.39 is 9.84 Å². The maximum absolute atomic E-state index is 12.1. The molecule has 0 aliphatic rings. The quantitative estimate of drug-likeness (QED) is 0.856. The molecule has 1 aromatic heterocycles. The molecule has 0 aliphatic heterocycles. The Kier molecular flexibility index (Phi) is 3.63. The number of benzene rings is 1. The smallest absolute Gasteiger partial charge is 0.329 e. The van der Waals surface area contributed by atoms with Gasteiger partial charge in [0.25, 0.3) is 0 Å². The second kappa shape index (κ2) is 5.03. The monoisotopic (exact) mass is 284 g/mol. The van der Waals surface area contributed by atoms with Gasteiger partial charge < -0.3 is 4.74 Å². The van der Waals surface area contributed by atoms with Crippen molar-refractivity contribution in [1.29, 1.82) is 0 Å². The molecule has 5 nitrogen and oxygen atoms in total. The van der Waals surface area contributed by atoms with Crippen LogP contribution in [0.2, 0.25) is 0 Å². The molecule has 1 aromatic carbocycles. The molecular formula is C11H12N2O3S2. The number of hydrogen-bond acceptors (Lipinski definition) is 6. The van der Waals surface area contributed by atoms with Gasteiger partial charge in [0.1, 0.15) is 0 Å². The summed E-state index contributed by atoms with van der Waals surface area (Å²) in [6.07, 6.45) is 0. The second-order valence-electron chi connectivity index (χ2n) is 3.73. The Morgan fingerprint density at radius 3 is 2.67 bits per heavy atom. The summed E-state index contributed by atoms with van der Waals surface area (Å²) in [4.78, 5) is 3.82. The zero-order valence-electron chi connectivity index (χ0n) is 9.95. The lowest BCUT2D eigenvalue weighted by molar-refractivity contribution is 0.383. The third-order valence-electron chi connectivity index (χ3n) is 2.44. The number of sulfone groups is 1. The molecule has 2 rings (SSSR count). The summed E-state index contributed by atoms with van der Waals surface area (Å²) in [5, 5.41) is 0. The van der Waals surface area contributed by atoms with Crippen molar-refractivity contribution >= 4 is 21.4 Å². The Bertz CT molecular complexity index is 650. The first kappa shape index (κ1) is 13.0. The summed E-state index contributed by atoms with van der Waals surface area (Å²) in [5.41, 5.74) is 1.71. The van der Waals surface area contributed by atoms with E-state index in [9.17, 15) is 8.42 Å². The molecular weight excluding hydrogens is 272 g/mol. The molecule has 0 unspecified atom stereocenters. The second-order valence-corrected chi connectivity index (χ2v) is 6.65. The van der Waals surface area contributed by atoms with Gasteiger partial charge >= 0.3 is 6.01 Å². The number of ether oxygens (including phenoxy) is 1. The molecule has 0 N–H and O–H groups in total. The number of nitrogens with zero attached hydrogens (tertiary/aromatic N) is 2. The predicted octanol–water partition coefficient (Wildman–Crippen LogP) is 1.83. The minimum Gasteiger partial charge on any atom is -0.466 e. The molecule has 0 radical (unpaired) electrons. The van der Waals surface area contributed by atoms with Crippen molar-refractivity contribution in [3.63, 3.8) is 0 Å². The highest BCUT2D eigenvalue weighted by Crippen LogP contribution is 2.22. The SMILES string of the molecule is COc1nsc(S(=O)(=O)Cc2ccccc2C)n1. The van der Waals surface area contributed by atoms with Crippen molar-refractivity contribution < 1.29 is 13.2 Å². The van der Waals surface area contributed by atoms with Gasteiger partial charge in [-0.05, 0) is 18.1 Å². The highest BCUT2D eigenvalue weighted by molar-refractivity contribution is 7.92. The van der Waals surface area contributed by atoms with Crippen molar-refractivity contribution in [2.75, 3.05) is 7.11 Å².